The van der Waals surface area contributed by atoms with Gasteiger partial charge in [-0.2, -0.15) is 4.99 Å². The molecule has 4 heteroatoms. The number of hydrogen-bond donors (Lipinski definition) is 1. The lowest BCUT2D eigenvalue weighted by atomic mass is 10.2. The van der Waals surface area contributed by atoms with Gasteiger partial charge in [-0.15, -0.1) is 10.2 Å². The Morgan fingerprint density at radius 2 is 2.20 bits per heavy atom. The first-order chi connectivity index (χ1) is 4.83. The Hall–Kier alpha value is -1.06. The average molecular weight is 138 g/mol. The molecule has 10 heavy (non-hydrogen) atoms. The van der Waals surface area contributed by atoms with Crippen LogP contribution in [0.2, 0.25) is 0 Å². The number of amidine groups is 1. The zero-order valence-electron chi connectivity index (χ0n) is 5.96. The van der Waals surface area contributed by atoms with Gasteiger partial charge in [-0.3, -0.25) is 5.41 Å². The van der Waals surface area contributed by atoms with E-state index in [2.05, 4.69) is 22.1 Å². The second kappa shape index (κ2) is 3.20. The van der Waals surface area contributed by atoms with E-state index in [0.717, 1.165) is 19.3 Å². The first-order valence-electron chi connectivity index (χ1n) is 3.41. The van der Waals surface area contributed by atoms with E-state index < -0.39 is 0 Å². The first kappa shape index (κ1) is 7.05. The summed E-state index contributed by atoms with van der Waals surface area (Å²) in [5.41, 5.74) is 0. The van der Waals surface area contributed by atoms with Gasteiger partial charge in [-0.05, 0) is 6.42 Å². The lowest BCUT2D eigenvalue weighted by molar-refractivity contribution is 0.831. The Kier molecular flexibility index (Phi) is 2.25. The highest BCUT2D eigenvalue weighted by molar-refractivity contribution is 5.99. The molecule has 1 aliphatic heterocycles. The number of aliphatic imine (C=N–C) groups is 1. The molecule has 0 aromatic carbocycles. The summed E-state index contributed by atoms with van der Waals surface area (Å²) in [6.07, 6.45) is 3.05. The van der Waals surface area contributed by atoms with Crippen LogP contribution >= 0.6 is 0 Å². The maximum atomic E-state index is 6.97. The Bertz CT molecular complexity index is 192. The van der Waals surface area contributed by atoms with Gasteiger partial charge in [-0.25, -0.2) is 0 Å². The molecule has 0 spiro atoms. The molecule has 0 bridgehead atoms. The number of azo groups is 1. The van der Waals surface area contributed by atoms with Gasteiger partial charge >= 0.3 is 0 Å². The quantitative estimate of drug-likeness (QED) is 0.619. The molecule has 0 aliphatic carbocycles. The highest BCUT2D eigenvalue weighted by Gasteiger charge is 2.04. The highest BCUT2D eigenvalue weighted by atomic mass is 15.3. The molecule has 1 rings (SSSR count). The molecule has 1 N–H and O–H groups in total. The molecule has 0 aromatic rings. The third-order valence-electron chi connectivity index (χ3n) is 1.25. The fourth-order valence-electron chi connectivity index (χ4n) is 0.713. The van der Waals surface area contributed by atoms with Gasteiger partial charge in [0.15, 0.2) is 5.84 Å². The van der Waals surface area contributed by atoms with E-state index in [0.29, 0.717) is 5.84 Å². The maximum absolute atomic E-state index is 6.97. The second-order valence-electron chi connectivity index (χ2n) is 2.16. The molecule has 4 nitrogen and oxygen atoms in total. The molecule has 0 amide bonds. The highest BCUT2D eigenvalue weighted by Crippen LogP contribution is 2.04. The van der Waals surface area contributed by atoms with E-state index in [1.165, 1.54) is 0 Å². The van der Waals surface area contributed by atoms with E-state index >= 15 is 0 Å². The minimum Gasteiger partial charge on any atom is -0.264 e. The van der Waals surface area contributed by atoms with Crippen molar-refractivity contribution in [2.45, 2.75) is 26.2 Å². The minimum atomic E-state index is 0.0334. The van der Waals surface area contributed by atoms with Gasteiger partial charge in [0.05, 0.1) is 0 Å². The summed E-state index contributed by atoms with van der Waals surface area (Å²) in [4.78, 5) is 3.79. The lowest BCUT2D eigenvalue weighted by Crippen LogP contribution is -1.89. The van der Waals surface area contributed by atoms with Crippen molar-refractivity contribution >= 4 is 11.8 Å². The van der Waals surface area contributed by atoms with Gasteiger partial charge < -0.3 is 0 Å². The van der Waals surface area contributed by atoms with Crippen LogP contribution < -0.4 is 0 Å². The monoisotopic (exact) mass is 138 g/mol. The molecule has 0 saturated heterocycles. The molecule has 0 atom stereocenters. The molecule has 1 heterocycles. The van der Waals surface area contributed by atoms with Crippen molar-refractivity contribution in [1.29, 1.82) is 5.41 Å². The second-order valence-corrected chi connectivity index (χ2v) is 2.16. The van der Waals surface area contributed by atoms with Crippen LogP contribution in [-0.4, -0.2) is 11.8 Å². The maximum Gasteiger partial charge on any atom is 0.263 e. The number of nitrogens with one attached hydrogen (secondary N) is 1. The number of rotatable bonds is 3. The van der Waals surface area contributed by atoms with Crippen LogP contribution in [0.3, 0.4) is 0 Å². The van der Waals surface area contributed by atoms with Crippen molar-refractivity contribution in [1.82, 2.24) is 0 Å². The Balaban J connectivity index is 2.37. The molecular formula is C6H10N4. The molecule has 0 fully saturated rings. The van der Waals surface area contributed by atoms with Gasteiger partial charge in [0.1, 0.15) is 0 Å². The first-order valence-corrected chi connectivity index (χ1v) is 3.41. The zero-order valence-corrected chi connectivity index (χ0v) is 5.96. The Morgan fingerprint density at radius 1 is 1.40 bits per heavy atom. The van der Waals surface area contributed by atoms with Crippen LogP contribution in [0.15, 0.2) is 15.2 Å². The van der Waals surface area contributed by atoms with E-state index in [-0.39, 0.29) is 5.96 Å². The normalized spacial score (nSPS) is 16.1. The zero-order chi connectivity index (χ0) is 7.40. The average Bonchev–Trinajstić information content (AvgIpc) is 2.31. The van der Waals surface area contributed by atoms with Crippen LogP contribution in [-0.2, 0) is 0 Å². The largest absolute Gasteiger partial charge is 0.264 e. The molecule has 0 aromatic heterocycles. The molecule has 0 saturated carbocycles. The van der Waals surface area contributed by atoms with E-state index in [9.17, 15) is 0 Å². The van der Waals surface area contributed by atoms with Crippen LogP contribution in [0.5, 0.6) is 0 Å². The minimum absolute atomic E-state index is 0.0334. The predicted molar refractivity (Wildman–Crippen MR) is 39.5 cm³/mol. The number of hydrogen-bond acceptors (Lipinski definition) is 2. The lowest BCUT2D eigenvalue weighted by Gasteiger charge is -1.89. The van der Waals surface area contributed by atoms with Gasteiger partial charge in [0.25, 0.3) is 5.96 Å². The summed E-state index contributed by atoms with van der Waals surface area (Å²) in [6.45, 7) is 2.11. The van der Waals surface area contributed by atoms with E-state index in [1.54, 1.807) is 0 Å². The number of nitrogens with zero attached hydrogens (tertiary/aromatic N) is 3. The van der Waals surface area contributed by atoms with Crippen LogP contribution in [0.4, 0.5) is 0 Å². The van der Waals surface area contributed by atoms with Crippen molar-refractivity contribution < 1.29 is 0 Å². The SMILES string of the molecule is CCCCC1=NC(=N)N=N1. The molecule has 0 radical (unpaired) electrons. The predicted octanol–water partition coefficient (Wildman–Crippen LogP) is 1.98. The third-order valence-corrected chi connectivity index (χ3v) is 1.25. The van der Waals surface area contributed by atoms with E-state index in [4.69, 9.17) is 5.41 Å². The molecular weight excluding hydrogens is 128 g/mol. The summed E-state index contributed by atoms with van der Waals surface area (Å²) < 4.78 is 0. The summed E-state index contributed by atoms with van der Waals surface area (Å²) in [6, 6.07) is 0. The van der Waals surface area contributed by atoms with Crippen LogP contribution in [0, 0.1) is 5.41 Å². The van der Waals surface area contributed by atoms with Gasteiger partial charge in [-0.1, -0.05) is 13.3 Å². The Labute approximate surface area is 59.6 Å². The standard InChI is InChI=1S/C6H10N4/c1-2-3-4-5-8-6(7)10-9-5/h7H,2-4H2,1H3. The van der Waals surface area contributed by atoms with Gasteiger partial charge in [0.2, 0.25) is 0 Å². The smallest absolute Gasteiger partial charge is 0.263 e. The topological polar surface area (TPSA) is 60.9 Å². The summed E-state index contributed by atoms with van der Waals surface area (Å²) in [5, 5.41) is 14.1. The number of guanidine groups is 1. The molecule has 1 aliphatic rings. The fraction of sp³-hybridized carbons (Fsp3) is 0.667. The number of unbranched alkanes of at least 4 members (excludes halogenated alkanes) is 1. The van der Waals surface area contributed by atoms with Crippen molar-refractivity contribution in [2.24, 2.45) is 15.2 Å². The van der Waals surface area contributed by atoms with Crippen molar-refractivity contribution in [3.8, 4) is 0 Å². The van der Waals surface area contributed by atoms with E-state index in [1.807, 2.05) is 0 Å². The van der Waals surface area contributed by atoms with Crippen molar-refractivity contribution in [3.05, 3.63) is 0 Å². The van der Waals surface area contributed by atoms with Crippen molar-refractivity contribution in [3.63, 3.8) is 0 Å². The van der Waals surface area contributed by atoms with Crippen molar-refractivity contribution in [2.75, 3.05) is 0 Å². The van der Waals surface area contributed by atoms with Gasteiger partial charge in [0, 0.05) is 6.42 Å². The Morgan fingerprint density at radius 3 is 2.70 bits per heavy atom. The molecule has 54 valence electrons. The summed E-state index contributed by atoms with van der Waals surface area (Å²) in [5.74, 6) is 0.734. The summed E-state index contributed by atoms with van der Waals surface area (Å²) in [7, 11) is 0. The fourth-order valence-corrected chi connectivity index (χ4v) is 0.713. The van der Waals surface area contributed by atoms with Crippen LogP contribution in [0.25, 0.3) is 0 Å². The van der Waals surface area contributed by atoms with Crippen LogP contribution in [0.1, 0.15) is 26.2 Å². The molecule has 0 unspecified atom stereocenters. The summed E-state index contributed by atoms with van der Waals surface area (Å²) >= 11 is 0. The third kappa shape index (κ3) is 1.72.